The van der Waals surface area contributed by atoms with Crippen LogP contribution in [-0.2, 0) is 14.8 Å². The lowest BCUT2D eigenvalue weighted by molar-refractivity contribution is -0.126. The summed E-state index contributed by atoms with van der Waals surface area (Å²) in [5, 5.41) is 0. The number of nitrogen functional groups attached to an aromatic ring is 1. The number of primary amides is 1. The fraction of sp³-hybridized carbons (Fsp3) is 0.417. The van der Waals surface area contributed by atoms with Crippen molar-refractivity contribution in [3.8, 4) is 0 Å². The van der Waals surface area contributed by atoms with Crippen LogP contribution in [0.4, 0.5) is 5.69 Å². The average Bonchev–Trinajstić information content (AvgIpc) is 2.75. The predicted molar refractivity (Wildman–Crippen MR) is 71.5 cm³/mol. The van der Waals surface area contributed by atoms with Gasteiger partial charge >= 0.3 is 0 Å². The average molecular weight is 283 g/mol. The van der Waals surface area contributed by atoms with Gasteiger partial charge in [0.1, 0.15) is 0 Å². The Hall–Kier alpha value is -1.60. The number of amides is 1. The number of anilines is 1. The summed E-state index contributed by atoms with van der Waals surface area (Å²) in [5.74, 6) is -0.470. The van der Waals surface area contributed by atoms with Gasteiger partial charge in [-0.1, -0.05) is 0 Å². The van der Waals surface area contributed by atoms with Crippen LogP contribution < -0.4 is 11.5 Å². The van der Waals surface area contributed by atoms with Crippen LogP contribution in [0, 0.1) is 5.41 Å². The van der Waals surface area contributed by atoms with E-state index in [1.165, 1.54) is 28.6 Å². The SMILES string of the molecule is CC1(C(N)=O)CCN(S(=O)(=O)c2ccc(N)cc2)C1. The van der Waals surface area contributed by atoms with Crippen LogP contribution in [0.3, 0.4) is 0 Å². The molecule has 0 spiro atoms. The van der Waals surface area contributed by atoms with Gasteiger partial charge in [0, 0.05) is 18.8 Å². The molecule has 0 radical (unpaired) electrons. The maximum atomic E-state index is 12.4. The number of carbonyl (C=O) groups is 1. The van der Waals surface area contributed by atoms with Crippen molar-refractivity contribution in [2.45, 2.75) is 18.2 Å². The smallest absolute Gasteiger partial charge is 0.243 e. The highest BCUT2D eigenvalue weighted by molar-refractivity contribution is 7.89. The molecule has 19 heavy (non-hydrogen) atoms. The Morgan fingerprint density at radius 1 is 1.32 bits per heavy atom. The molecule has 1 heterocycles. The lowest BCUT2D eigenvalue weighted by Gasteiger charge is -2.21. The molecule has 2 rings (SSSR count). The quantitative estimate of drug-likeness (QED) is 0.770. The minimum absolute atomic E-state index is 0.120. The van der Waals surface area contributed by atoms with Gasteiger partial charge in [-0.05, 0) is 37.6 Å². The Kier molecular flexibility index (Phi) is 3.27. The van der Waals surface area contributed by atoms with Crippen molar-refractivity contribution in [1.29, 1.82) is 0 Å². The van der Waals surface area contributed by atoms with Gasteiger partial charge in [-0.25, -0.2) is 8.42 Å². The Labute approximate surface area is 112 Å². The molecule has 1 aromatic carbocycles. The molecule has 1 fully saturated rings. The van der Waals surface area contributed by atoms with Crippen molar-refractivity contribution >= 4 is 21.6 Å². The van der Waals surface area contributed by atoms with E-state index in [-0.39, 0.29) is 11.4 Å². The Balaban J connectivity index is 2.28. The van der Waals surface area contributed by atoms with Gasteiger partial charge in [-0.3, -0.25) is 4.79 Å². The molecule has 0 saturated carbocycles. The first kappa shape index (κ1) is 13.8. The zero-order valence-electron chi connectivity index (χ0n) is 10.7. The molecule has 104 valence electrons. The molecule has 1 amide bonds. The van der Waals surface area contributed by atoms with Crippen LogP contribution in [0.1, 0.15) is 13.3 Å². The van der Waals surface area contributed by atoms with E-state index in [1.54, 1.807) is 6.92 Å². The topological polar surface area (TPSA) is 106 Å². The second kappa shape index (κ2) is 4.50. The van der Waals surface area contributed by atoms with Gasteiger partial charge in [0.2, 0.25) is 15.9 Å². The standard InChI is InChI=1S/C12H17N3O3S/c1-12(11(14)16)6-7-15(8-12)19(17,18)10-4-2-9(13)3-5-10/h2-5H,6-8,13H2,1H3,(H2,14,16). The maximum absolute atomic E-state index is 12.4. The van der Waals surface area contributed by atoms with E-state index in [0.717, 1.165) is 0 Å². The molecule has 1 unspecified atom stereocenters. The molecule has 0 aromatic heterocycles. The minimum Gasteiger partial charge on any atom is -0.399 e. The third kappa shape index (κ3) is 2.43. The summed E-state index contributed by atoms with van der Waals surface area (Å²) in [4.78, 5) is 11.5. The highest BCUT2D eigenvalue weighted by Crippen LogP contribution is 2.33. The molecule has 6 nitrogen and oxygen atoms in total. The Morgan fingerprint density at radius 3 is 2.37 bits per heavy atom. The molecular weight excluding hydrogens is 266 g/mol. The first-order chi connectivity index (χ1) is 8.75. The van der Waals surface area contributed by atoms with Crippen LogP contribution in [-0.4, -0.2) is 31.7 Å². The third-order valence-electron chi connectivity index (χ3n) is 3.55. The van der Waals surface area contributed by atoms with Crippen molar-refractivity contribution < 1.29 is 13.2 Å². The highest BCUT2D eigenvalue weighted by atomic mass is 32.2. The molecule has 1 saturated heterocycles. The van der Waals surface area contributed by atoms with E-state index < -0.39 is 21.3 Å². The number of carbonyl (C=O) groups excluding carboxylic acids is 1. The van der Waals surface area contributed by atoms with Gasteiger partial charge in [0.25, 0.3) is 0 Å². The van der Waals surface area contributed by atoms with Gasteiger partial charge in [0.05, 0.1) is 10.3 Å². The highest BCUT2D eigenvalue weighted by Gasteiger charge is 2.43. The van der Waals surface area contributed by atoms with Gasteiger partial charge in [-0.2, -0.15) is 4.31 Å². The molecule has 0 aliphatic carbocycles. The maximum Gasteiger partial charge on any atom is 0.243 e. The van der Waals surface area contributed by atoms with E-state index in [2.05, 4.69) is 0 Å². The lowest BCUT2D eigenvalue weighted by atomic mass is 9.89. The number of benzene rings is 1. The third-order valence-corrected chi connectivity index (χ3v) is 5.41. The number of rotatable bonds is 3. The van der Waals surface area contributed by atoms with E-state index >= 15 is 0 Å². The predicted octanol–water partition coefficient (Wildman–Crippen LogP) is 0.155. The number of sulfonamides is 1. The molecule has 0 bridgehead atoms. The summed E-state index contributed by atoms with van der Waals surface area (Å²) >= 11 is 0. The number of nitrogens with zero attached hydrogens (tertiary/aromatic N) is 1. The summed E-state index contributed by atoms with van der Waals surface area (Å²) < 4.78 is 26.1. The van der Waals surface area contributed by atoms with Gasteiger partial charge in [-0.15, -0.1) is 0 Å². The second-order valence-corrected chi connectivity index (χ2v) is 7.02. The molecule has 4 N–H and O–H groups in total. The number of nitrogens with two attached hydrogens (primary N) is 2. The summed E-state index contributed by atoms with van der Waals surface area (Å²) in [6.07, 6.45) is 0.441. The number of hydrogen-bond donors (Lipinski definition) is 2. The normalized spacial score (nSPS) is 24.5. The summed E-state index contributed by atoms with van der Waals surface area (Å²) in [6, 6.07) is 6.00. The fourth-order valence-electron chi connectivity index (χ4n) is 2.11. The zero-order valence-corrected chi connectivity index (χ0v) is 11.5. The summed E-state index contributed by atoms with van der Waals surface area (Å²) in [7, 11) is -3.59. The monoisotopic (exact) mass is 283 g/mol. The van der Waals surface area contributed by atoms with Crippen LogP contribution in [0.2, 0.25) is 0 Å². The lowest BCUT2D eigenvalue weighted by Crippen LogP contribution is -2.38. The first-order valence-corrected chi connectivity index (χ1v) is 7.35. The van der Waals surface area contributed by atoms with Crippen molar-refractivity contribution in [3.05, 3.63) is 24.3 Å². The minimum atomic E-state index is -3.59. The molecule has 1 aliphatic heterocycles. The van der Waals surface area contributed by atoms with E-state index in [0.29, 0.717) is 18.7 Å². The van der Waals surface area contributed by atoms with Crippen LogP contribution >= 0.6 is 0 Å². The summed E-state index contributed by atoms with van der Waals surface area (Å²) in [6.45, 7) is 2.11. The van der Waals surface area contributed by atoms with Crippen molar-refractivity contribution in [2.75, 3.05) is 18.8 Å². The molecule has 1 atom stereocenters. The molecule has 1 aliphatic rings. The molecular formula is C12H17N3O3S. The van der Waals surface area contributed by atoms with Crippen molar-refractivity contribution in [2.24, 2.45) is 11.1 Å². The van der Waals surface area contributed by atoms with Crippen molar-refractivity contribution in [1.82, 2.24) is 4.31 Å². The first-order valence-electron chi connectivity index (χ1n) is 5.91. The van der Waals surface area contributed by atoms with Crippen molar-refractivity contribution in [3.63, 3.8) is 0 Å². The van der Waals surface area contributed by atoms with E-state index in [4.69, 9.17) is 11.5 Å². The molecule has 1 aromatic rings. The molecule has 7 heteroatoms. The zero-order chi connectivity index (χ0) is 14.3. The van der Waals surface area contributed by atoms with Crippen LogP contribution in [0.25, 0.3) is 0 Å². The van der Waals surface area contributed by atoms with Gasteiger partial charge in [0.15, 0.2) is 0 Å². The van der Waals surface area contributed by atoms with Gasteiger partial charge < -0.3 is 11.5 Å². The van der Waals surface area contributed by atoms with E-state index in [1.807, 2.05) is 0 Å². The second-order valence-electron chi connectivity index (χ2n) is 5.08. The van der Waals surface area contributed by atoms with E-state index in [9.17, 15) is 13.2 Å². The Bertz CT molecular complexity index is 597. The Morgan fingerprint density at radius 2 is 1.89 bits per heavy atom. The van der Waals surface area contributed by atoms with Crippen LogP contribution in [0.5, 0.6) is 0 Å². The summed E-state index contributed by atoms with van der Waals surface area (Å²) in [5.41, 5.74) is 10.6. The number of hydrogen-bond acceptors (Lipinski definition) is 4. The largest absolute Gasteiger partial charge is 0.399 e. The fourth-order valence-corrected chi connectivity index (χ4v) is 3.68. The van der Waals surface area contributed by atoms with Crippen LogP contribution in [0.15, 0.2) is 29.2 Å².